The second-order valence-electron chi connectivity index (χ2n) is 5.39. The molecule has 0 radical (unpaired) electrons. The minimum atomic E-state index is -0.981. The molecule has 0 aliphatic heterocycles. The number of carbonyl (C=O) groups is 2. The lowest BCUT2D eigenvalue weighted by molar-refractivity contribution is 0.0696. The van der Waals surface area contributed by atoms with Gasteiger partial charge in [-0.25, -0.2) is 4.79 Å². The molecule has 0 unspecified atom stereocenters. The lowest BCUT2D eigenvalue weighted by atomic mass is 10.1. The van der Waals surface area contributed by atoms with Crippen molar-refractivity contribution in [3.8, 4) is 17.2 Å². The Balaban J connectivity index is 2.08. The molecule has 0 fully saturated rings. The van der Waals surface area contributed by atoms with Gasteiger partial charge in [-0.1, -0.05) is 12.1 Å². The fourth-order valence-electron chi connectivity index (χ4n) is 2.56. The number of carboxylic acid groups (broad SMARTS) is 1. The van der Waals surface area contributed by atoms with E-state index in [2.05, 4.69) is 5.32 Å². The fourth-order valence-corrected chi connectivity index (χ4v) is 2.56. The Morgan fingerprint density at radius 1 is 1.00 bits per heavy atom. The summed E-state index contributed by atoms with van der Waals surface area (Å²) in [6.07, 6.45) is 0.502. The molecule has 2 N–H and O–H groups in total. The molecule has 26 heavy (non-hydrogen) atoms. The van der Waals surface area contributed by atoms with Crippen molar-refractivity contribution in [3.63, 3.8) is 0 Å². The molecule has 2 aromatic carbocycles. The zero-order valence-corrected chi connectivity index (χ0v) is 14.9. The number of carboxylic acids is 1. The molecule has 2 aromatic rings. The van der Waals surface area contributed by atoms with Crippen LogP contribution in [0.3, 0.4) is 0 Å². The summed E-state index contributed by atoms with van der Waals surface area (Å²) in [4.78, 5) is 23.5. The summed E-state index contributed by atoms with van der Waals surface area (Å²) in [5.74, 6) is -0.205. The lowest BCUT2D eigenvalue weighted by Gasteiger charge is -2.15. The number of hydrogen-bond acceptors (Lipinski definition) is 5. The van der Waals surface area contributed by atoms with E-state index in [4.69, 9.17) is 19.3 Å². The lowest BCUT2D eigenvalue weighted by Crippen LogP contribution is -2.26. The van der Waals surface area contributed by atoms with Gasteiger partial charge >= 0.3 is 5.97 Å². The number of carbonyl (C=O) groups excluding carboxylic acids is 1. The highest BCUT2D eigenvalue weighted by atomic mass is 16.5. The first-order valence-electron chi connectivity index (χ1n) is 7.91. The Morgan fingerprint density at radius 3 is 2.35 bits per heavy atom. The van der Waals surface area contributed by atoms with Crippen molar-refractivity contribution >= 4 is 11.9 Å². The van der Waals surface area contributed by atoms with Gasteiger partial charge in [0.2, 0.25) is 5.75 Å². The zero-order valence-electron chi connectivity index (χ0n) is 14.9. The first-order chi connectivity index (χ1) is 12.5. The second kappa shape index (κ2) is 8.75. The number of rotatable bonds is 8. The van der Waals surface area contributed by atoms with Crippen molar-refractivity contribution < 1.29 is 28.9 Å². The van der Waals surface area contributed by atoms with Crippen LogP contribution in [-0.2, 0) is 6.42 Å². The highest BCUT2D eigenvalue weighted by molar-refractivity contribution is 5.98. The monoisotopic (exact) mass is 359 g/mol. The van der Waals surface area contributed by atoms with Crippen molar-refractivity contribution in [1.82, 2.24) is 5.32 Å². The third-order valence-corrected chi connectivity index (χ3v) is 3.82. The molecule has 138 valence electrons. The maximum atomic E-state index is 12.5. The van der Waals surface area contributed by atoms with Crippen molar-refractivity contribution in [2.45, 2.75) is 6.42 Å². The molecule has 0 bridgehead atoms. The van der Waals surface area contributed by atoms with Crippen LogP contribution in [0.25, 0.3) is 0 Å². The van der Waals surface area contributed by atoms with E-state index in [1.165, 1.54) is 27.4 Å². The molecular weight excluding hydrogens is 338 g/mol. The van der Waals surface area contributed by atoms with Gasteiger partial charge in [0, 0.05) is 6.54 Å². The first-order valence-corrected chi connectivity index (χ1v) is 7.91. The molecule has 0 spiro atoms. The van der Waals surface area contributed by atoms with Crippen LogP contribution in [0.15, 0.2) is 36.4 Å². The maximum Gasteiger partial charge on any atom is 0.335 e. The Kier molecular flexibility index (Phi) is 6.43. The Morgan fingerprint density at radius 2 is 1.73 bits per heavy atom. The van der Waals surface area contributed by atoms with Crippen LogP contribution in [0, 0.1) is 0 Å². The summed E-state index contributed by atoms with van der Waals surface area (Å²) in [6, 6.07) is 9.84. The minimum absolute atomic E-state index is 0.218. The van der Waals surface area contributed by atoms with Crippen LogP contribution >= 0.6 is 0 Å². The topological polar surface area (TPSA) is 94.1 Å². The van der Waals surface area contributed by atoms with Gasteiger partial charge in [-0.15, -0.1) is 0 Å². The zero-order chi connectivity index (χ0) is 19.1. The van der Waals surface area contributed by atoms with Crippen LogP contribution < -0.4 is 19.5 Å². The van der Waals surface area contributed by atoms with Gasteiger partial charge in [0.05, 0.1) is 32.5 Å². The highest BCUT2D eigenvalue weighted by Crippen LogP contribution is 2.39. The number of hydrogen-bond donors (Lipinski definition) is 2. The van der Waals surface area contributed by atoms with Crippen LogP contribution in [0.2, 0.25) is 0 Å². The normalized spacial score (nSPS) is 10.1. The summed E-state index contributed by atoms with van der Waals surface area (Å²) < 4.78 is 15.8. The van der Waals surface area contributed by atoms with Gasteiger partial charge in [-0.2, -0.15) is 0 Å². The molecule has 0 aliphatic rings. The average molecular weight is 359 g/mol. The standard InChI is InChI=1S/C19H21NO6/c1-24-15-8-7-14(16(25-2)17(15)26-3)18(21)20-10-9-12-5-4-6-13(11-12)19(22)23/h4-8,11H,9-10H2,1-3H3,(H,20,21)(H,22,23). The third-order valence-electron chi connectivity index (χ3n) is 3.82. The molecule has 0 saturated heterocycles. The van der Waals surface area contributed by atoms with E-state index in [1.54, 1.807) is 24.3 Å². The molecule has 0 heterocycles. The van der Waals surface area contributed by atoms with Crippen LogP contribution in [0.1, 0.15) is 26.3 Å². The maximum absolute atomic E-state index is 12.5. The van der Waals surface area contributed by atoms with Crippen molar-refractivity contribution in [2.75, 3.05) is 27.9 Å². The summed E-state index contributed by atoms with van der Waals surface area (Å²) in [5.41, 5.74) is 1.37. The fraction of sp³-hybridized carbons (Fsp3) is 0.263. The Hall–Kier alpha value is -3.22. The minimum Gasteiger partial charge on any atom is -0.493 e. The van der Waals surface area contributed by atoms with E-state index in [0.717, 1.165) is 5.56 Å². The Bertz CT molecular complexity index is 803. The molecule has 0 saturated carbocycles. The smallest absolute Gasteiger partial charge is 0.335 e. The molecule has 7 nitrogen and oxygen atoms in total. The number of aromatic carboxylic acids is 1. The van der Waals surface area contributed by atoms with Gasteiger partial charge in [0.1, 0.15) is 0 Å². The van der Waals surface area contributed by atoms with E-state index in [0.29, 0.717) is 30.0 Å². The van der Waals surface area contributed by atoms with E-state index in [9.17, 15) is 9.59 Å². The summed E-state index contributed by atoms with van der Waals surface area (Å²) in [6.45, 7) is 0.347. The predicted octanol–water partition coefficient (Wildman–Crippen LogP) is 2.38. The van der Waals surface area contributed by atoms with Gasteiger partial charge in [-0.05, 0) is 36.2 Å². The van der Waals surface area contributed by atoms with E-state index < -0.39 is 5.97 Å². The molecule has 1 amide bonds. The predicted molar refractivity (Wildman–Crippen MR) is 95.5 cm³/mol. The molecule has 0 aliphatic carbocycles. The van der Waals surface area contributed by atoms with Gasteiger partial charge in [-0.3, -0.25) is 4.79 Å². The summed E-state index contributed by atoms with van der Waals surface area (Å²) >= 11 is 0. The molecule has 0 aromatic heterocycles. The number of ether oxygens (including phenoxy) is 3. The molecule has 0 atom stereocenters. The number of amides is 1. The third kappa shape index (κ3) is 4.24. The Labute approximate surface area is 151 Å². The number of methoxy groups -OCH3 is 3. The molecular formula is C19H21NO6. The van der Waals surface area contributed by atoms with E-state index >= 15 is 0 Å². The molecule has 7 heteroatoms. The van der Waals surface area contributed by atoms with Crippen molar-refractivity contribution in [3.05, 3.63) is 53.1 Å². The van der Waals surface area contributed by atoms with Crippen molar-refractivity contribution in [2.24, 2.45) is 0 Å². The second-order valence-corrected chi connectivity index (χ2v) is 5.39. The number of benzene rings is 2. The first kappa shape index (κ1) is 19.1. The quantitative estimate of drug-likeness (QED) is 0.752. The van der Waals surface area contributed by atoms with Gasteiger partial charge in [0.15, 0.2) is 11.5 Å². The number of nitrogens with one attached hydrogen (secondary N) is 1. The van der Waals surface area contributed by atoms with Crippen LogP contribution in [-0.4, -0.2) is 44.9 Å². The van der Waals surface area contributed by atoms with E-state index in [1.807, 2.05) is 6.07 Å². The average Bonchev–Trinajstić information content (AvgIpc) is 2.66. The summed E-state index contributed by atoms with van der Waals surface area (Å²) in [5, 5.41) is 11.8. The summed E-state index contributed by atoms with van der Waals surface area (Å²) in [7, 11) is 4.42. The van der Waals surface area contributed by atoms with Crippen LogP contribution in [0.4, 0.5) is 0 Å². The van der Waals surface area contributed by atoms with Gasteiger partial charge in [0.25, 0.3) is 5.91 Å². The van der Waals surface area contributed by atoms with Gasteiger partial charge < -0.3 is 24.6 Å². The largest absolute Gasteiger partial charge is 0.493 e. The van der Waals surface area contributed by atoms with Crippen molar-refractivity contribution in [1.29, 1.82) is 0 Å². The SMILES string of the molecule is COc1ccc(C(=O)NCCc2cccc(C(=O)O)c2)c(OC)c1OC. The van der Waals surface area contributed by atoms with E-state index in [-0.39, 0.29) is 17.2 Å². The van der Waals surface area contributed by atoms with Crippen LogP contribution in [0.5, 0.6) is 17.2 Å². The highest BCUT2D eigenvalue weighted by Gasteiger charge is 2.20. The molecule has 2 rings (SSSR count).